The highest BCUT2D eigenvalue weighted by Crippen LogP contribution is 2.38. The average molecular weight is 150 g/mol. The van der Waals surface area contributed by atoms with Gasteiger partial charge >= 0.3 is 0 Å². The van der Waals surface area contributed by atoms with Gasteiger partial charge in [-0.3, -0.25) is 0 Å². The molecule has 0 saturated carbocycles. The third-order valence-electron chi connectivity index (χ3n) is 3.05. The molecule has 2 aliphatic rings. The van der Waals surface area contributed by atoms with Crippen LogP contribution in [0.25, 0.3) is 0 Å². The van der Waals surface area contributed by atoms with Crippen molar-refractivity contribution in [3.63, 3.8) is 0 Å². The summed E-state index contributed by atoms with van der Waals surface area (Å²) in [5.74, 6) is 0. The van der Waals surface area contributed by atoms with E-state index in [-0.39, 0.29) is 0 Å². The van der Waals surface area contributed by atoms with Crippen LogP contribution in [0.15, 0.2) is 12.2 Å². The number of hydrogen-bond acceptors (Lipinski definition) is 0. The van der Waals surface area contributed by atoms with Crippen molar-refractivity contribution < 1.29 is 0 Å². The lowest BCUT2D eigenvalue weighted by atomic mass is 9.72. The van der Waals surface area contributed by atoms with Crippen molar-refractivity contribution >= 4 is 0 Å². The van der Waals surface area contributed by atoms with Crippen molar-refractivity contribution in [3.8, 4) is 0 Å². The molecule has 0 aromatic heterocycles. The van der Waals surface area contributed by atoms with Gasteiger partial charge in [-0.15, -0.1) is 0 Å². The zero-order valence-corrected chi connectivity index (χ0v) is 7.05. The molecule has 2 rings (SSSR count). The van der Waals surface area contributed by atoms with Crippen molar-refractivity contribution in [1.29, 1.82) is 0 Å². The van der Waals surface area contributed by atoms with Gasteiger partial charge < -0.3 is 0 Å². The van der Waals surface area contributed by atoms with Crippen molar-refractivity contribution in [3.05, 3.63) is 12.2 Å². The standard InChI is InChI=1S/C10H16N/c1-2-4-10(5-3-1)6-8-11-9-7-10/h2,4H,1,3,5-9H2. The maximum Gasteiger partial charge on any atom is 0.0141 e. The summed E-state index contributed by atoms with van der Waals surface area (Å²) in [5.41, 5.74) is 0.583. The molecule has 0 atom stereocenters. The van der Waals surface area contributed by atoms with Crippen LogP contribution in [-0.2, 0) is 0 Å². The molecule has 1 heteroatoms. The summed E-state index contributed by atoms with van der Waals surface area (Å²) >= 11 is 0. The predicted molar refractivity (Wildman–Crippen MR) is 46.5 cm³/mol. The van der Waals surface area contributed by atoms with E-state index >= 15 is 0 Å². The molecular formula is C10H16N. The van der Waals surface area contributed by atoms with Crippen LogP contribution >= 0.6 is 0 Å². The quantitative estimate of drug-likeness (QED) is 0.470. The van der Waals surface area contributed by atoms with E-state index in [1.54, 1.807) is 0 Å². The summed E-state index contributed by atoms with van der Waals surface area (Å²) in [6, 6.07) is 0. The molecule has 0 N–H and O–H groups in total. The highest BCUT2D eigenvalue weighted by molar-refractivity contribution is 5.05. The van der Waals surface area contributed by atoms with Gasteiger partial charge in [0.05, 0.1) is 0 Å². The summed E-state index contributed by atoms with van der Waals surface area (Å²) in [7, 11) is 0. The molecule has 0 bridgehead atoms. The van der Waals surface area contributed by atoms with E-state index in [4.69, 9.17) is 0 Å². The van der Waals surface area contributed by atoms with Crippen molar-refractivity contribution in [2.75, 3.05) is 13.1 Å². The molecule has 0 aromatic carbocycles. The molecule has 1 fully saturated rings. The maximum atomic E-state index is 4.39. The minimum atomic E-state index is 0.583. The molecule has 0 amide bonds. The Balaban J connectivity index is 2.06. The SMILES string of the molecule is C1=CC2(CCC1)CC[N]CC2. The first kappa shape index (κ1) is 7.35. The summed E-state index contributed by atoms with van der Waals surface area (Å²) < 4.78 is 0. The van der Waals surface area contributed by atoms with Gasteiger partial charge in [0.1, 0.15) is 0 Å². The van der Waals surface area contributed by atoms with Crippen LogP contribution in [-0.4, -0.2) is 13.1 Å². The van der Waals surface area contributed by atoms with Crippen molar-refractivity contribution in [2.45, 2.75) is 32.1 Å². The molecule has 1 radical (unpaired) electrons. The second kappa shape index (κ2) is 2.98. The van der Waals surface area contributed by atoms with Crippen LogP contribution < -0.4 is 5.32 Å². The third-order valence-corrected chi connectivity index (χ3v) is 3.05. The largest absolute Gasteiger partial charge is 0.242 e. The van der Waals surface area contributed by atoms with E-state index < -0.39 is 0 Å². The Morgan fingerprint density at radius 3 is 2.55 bits per heavy atom. The summed E-state index contributed by atoms with van der Waals surface area (Å²) in [6.07, 6.45) is 11.6. The predicted octanol–water partition coefficient (Wildman–Crippen LogP) is 2.11. The van der Waals surface area contributed by atoms with Crippen LogP contribution in [0.4, 0.5) is 0 Å². The topological polar surface area (TPSA) is 14.1 Å². The minimum absolute atomic E-state index is 0.583. The molecule has 1 spiro atoms. The van der Waals surface area contributed by atoms with Crippen LogP contribution in [0.5, 0.6) is 0 Å². The summed E-state index contributed by atoms with van der Waals surface area (Å²) in [6.45, 7) is 2.20. The molecule has 0 aromatic rings. The fourth-order valence-corrected chi connectivity index (χ4v) is 2.25. The molecule has 11 heavy (non-hydrogen) atoms. The highest BCUT2D eigenvalue weighted by atomic mass is 14.9. The van der Waals surface area contributed by atoms with E-state index in [0.29, 0.717) is 5.41 Å². The molecule has 1 saturated heterocycles. The number of nitrogens with zero attached hydrogens (tertiary/aromatic N) is 1. The first-order chi connectivity index (χ1) is 5.41. The summed E-state index contributed by atoms with van der Waals surface area (Å²) in [4.78, 5) is 0. The van der Waals surface area contributed by atoms with Gasteiger partial charge in [-0.25, -0.2) is 5.32 Å². The molecular weight excluding hydrogens is 134 g/mol. The first-order valence-corrected chi connectivity index (χ1v) is 4.72. The maximum absolute atomic E-state index is 4.39. The Hall–Kier alpha value is -0.300. The number of piperidine rings is 1. The van der Waals surface area contributed by atoms with Gasteiger partial charge in [-0.1, -0.05) is 12.2 Å². The molecule has 61 valence electrons. The van der Waals surface area contributed by atoms with Crippen molar-refractivity contribution in [1.82, 2.24) is 5.32 Å². The average Bonchev–Trinajstić information content (AvgIpc) is 2.07. The van der Waals surface area contributed by atoms with Gasteiger partial charge in [-0.05, 0) is 37.5 Å². The monoisotopic (exact) mass is 150 g/mol. The molecule has 0 unspecified atom stereocenters. The molecule has 1 nitrogen and oxygen atoms in total. The lowest BCUT2D eigenvalue weighted by Crippen LogP contribution is -2.32. The normalized spacial score (nSPS) is 29.1. The first-order valence-electron chi connectivity index (χ1n) is 4.72. The molecule has 1 aliphatic heterocycles. The van der Waals surface area contributed by atoms with Crippen LogP contribution in [0.3, 0.4) is 0 Å². The van der Waals surface area contributed by atoms with Gasteiger partial charge in [-0.2, -0.15) is 0 Å². The van der Waals surface area contributed by atoms with Crippen LogP contribution in [0, 0.1) is 5.41 Å². The van der Waals surface area contributed by atoms with E-state index in [1.165, 1.54) is 32.1 Å². The number of allylic oxidation sites excluding steroid dienone is 2. The Morgan fingerprint density at radius 1 is 1.09 bits per heavy atom. The van der Waals surface area contributed by atoms with Crippen molar-refractivity contribution in [2.24, 2.45) is 5.41 Å². The lowest BCUT2D eigenvalue weighted by Gasteiger charge is -2.36. The van der Waals surface area contributed by atoms with Gasteiger partial charge in [0.15, 0.2) is 0 Å². The highest BCUT2D eigenvalue weighted by Gasteiger charge is 2.30. The Kier molecular flexibility index (Phi) is 1.99. The fraction of sp³-hybridized carbons (Fsp3) is 0.800. The lowest BCUT2D eigenvalue weighted by molar-refractivity contribution is 0.237. The fourth-order valence-electron chi connectivity index (χ4n) is 2.25. The van der Waals surface area contributed by atoms with Gasteiger partial charge in [0, 0.05) is 13.1 Å². The Labute approximate surface area is 68.9 Å². The van der Waals surface area contributed by atoms with Crippen LogP contribution in [0.1, 0.15) is 32.1 Å². The third kappa shape index (κ3) is 1.48. The zero-order valence-electron chi connectivity index (χ0n) is 7.05. The van der Waals surface area contributed by atoms with Crippen LogP contribution in [0.2, 0.25) is 0 Å². The number of hydrogen-bond donors (Lipinski definition) is 0. The number of rotatable bonds is 0. The van der Waals surface area contributed by atoms with E-state index in [1.807, 2.05) is 0 Å². The second-order valence-corrected chi connectivity index (χ2v) is 3.83. The molecule has 1 heterocycles. The molecule has 1 aliphatic carbocycles. The van der Waals surface area contributed by atoms with Gasteiger partial charge in [0.2, 0.25) is 0 Å². The van der Waals surface area contributed by atoms with E-state index in [9.17, 15) is 0 Å². The second-order valence-electron chi connectivity index (χ2n) is 3.83. The summed E-state index contributed by atoms with van der Waals surface area (Å²) in [5, 5.41) is 4.39. The van der Waals surface area contributed by atoms with E-state index in [2.05, 4.69) is 17.5 Å². The zero-order chi connectivity index (χ0) is 7.57. The minimum Gasteiger partial charge on any atom is -0.242 e. The van der Waals surface area contributed by atoms with E-state index in [0.717, 1.165) is 13.1 Å². The Bertz CT molecular complexity index is 154. The smallest absolute Gasteiger partial charge is 0.0141 e. The Morgan fingerprint density at radius 2 is 1.91 bits per heavy atom. The van der Waals surface area contributed by atoms with Gasteiger partial charge in [0.25, 0.3) is 0 Å².